The normalized spacial score (nSPS) is 11.7. The third kappa shape index (κ3) is 8.24. The summed E-state index contributed by atoms with van der Waals surface area (Å²) in [6, 6.07) is -1.32. The summed E-state index contributed by atoms with van der Waals surface area (Å²) in [6.07, 6.45) is 0.0692. The van der Waals surface area contributed by atoms with E-state index in [2.05, 4.69) is 20.6 Å². The molecule has 0 aromatic carbocycles. The Morgan fingerprint density at radius 2 is 1.93 bits per heavy atom. The van der Waals surface area contributed by atoms with E-state index in [0.717, 1.165) is 4.57 Å². The molecule has 0 aliphatic rings. The number of aromatic amines is 1. The number of nitrogens with two attached hydrogens (primary N) is 2. The van der Waals surface area contributed by atoms with Crippen LogP contribution in [-0.2, 0) is 27.3 Å². The number of hydrogen-bond acceptors (Lipinski definition) is 6. The summed E-state index contributed by atoms with van der Waals surface area (Å²) in [4.78, 5) is 53.7. The Labute approximate surface area is 172 Å². The number of carbonyl (C=O) groups excluding carboxylic acids is 2. The van der Waals surface area contributed by atoms with E-state index in [1.165, 1.54) is 0 Å². The Morgan fingerprint density at radius 3 is 2.50 bits per heavy atom. The number of carboxylic acid groups (broad SMARTS) is 1. The first-order valence-electron chi connectivity index (χ1n) is 9.36. The van der Waals surface area contributed by atoms with Gasteiger partial charge in [-0.25, -0.2) is 4.79 Å². The second-order valence-corrected chi connectivity index (χ2v) is 7.09. The highest BCUT2D eigenvalue weighted by Gasteiger charge is 2.25. The van der Waals surface area contributed by atoms with Crippen molar-refractivity contribution in [2.24, 2.45) is 22.4 Å². The number of carbonyl (C=O) groups is 3. The van der Waals surface area contributed by atoms with Crippen molar-refractivity contribution in [2.75, 3.05) is 13.1 Å². The molecule has 13 nitrogen and oxygen atoms in total. The molecule has 0 saturated carbocycles. The fourth-order valence-electron chi connectivity index (χ4n) is 2.49. The standard InChI is InChI=1S/C17H29N7O6/c1-9(2)7-21-14(28)11(6-13(26)27)22-12(25)8-24-15(29)10(23-17(24)30)4-3-5-20-16(18)19/h9,11,29H,3-8H2,1-2H3,(H,21,28)(H,22,25)(H,23,30)(H,26,27)(H4,18,19,20)/t11-/m0/s1. The highest BCUT2D eigenvalue weighted by atomic mass is 16.4. The number of aryl methyl sites for hydroxylation is 1. The van der Waals surface area contributed by atoms with Crippen molar-refractivity contribution in [2.45, 2.75) is 45.7 Å². The van der Waals surface area contributed by atoms with Gasteiger partial charge in [0, 0.05) is 13.1 Å². The fraction of sp³-hybridized carbons (Fsp3) is 0.588. The van der Waals surface area contributed by atoms with Crippen molar-refractivity contribution < 1.29 is 24.6 Å². The topological polar surface area (TPSA) is 218 Å². The molecule has 0 saturated heterocycles. The number of hydrogen-bond donors (Lipinski definition) is 7. The molecule has 0 spiro atoms. The summed E-state index contributed by atoms with van der Waals surface area (Å²) in [5.74, 6) is -3.09. The molecule has 0 radical (unpaired) electrons. The summed E-state index contributed by atoms with van der Waals surface area (Å²) < 4.78 is 0.787. The molecule has 0 fully saturated rings. The first-order valence-corrected chi connectivity index (χ1v) is 9.36. The maximum atomic E-state index is 12.3. The predicted molar refractivity (Wildman–Crippen MR) is 108 cm³/mol. The van der Waals surface area contributed by atoms with Gasteiger partial charge in [-0.05, 0) is 18.8 Å². The van der Waals surface area contributed by atoms with Crippen LogP contribution in [0.15, 0.2) is 9.79 Å². The fourth-order valence-corrected chi connectivity index (χ4v) is 2.49. The maximum absolute atomic E-state index is 12.3. The van der Waals surface area contributed by atoms with Crippen molar-refractivity contribution in [3.05, 3.63) is 16.2 Å². The number of aliphatic imine (C=N–C) groups is 1. The predicted octanol–water partition coefficient (Wildman–Crippen LogP) is -2.18. The number of amides is 2. The molecule has 1 aromatic heterocycles. The SMILES string of the molecule is CC(C)CNC(=O)[C@H](CC(=O)O)NC(=O)Cn1c(O)c(CCCN=C(N)N)[nH]c1=O. The smallest absolute Gasteiger partial charge is 0.329 e. The average Bonchev–Trinajstić information content (AvgIpc) is 2.89. The summed E-state index contributed by atoms with van der Waals surface area (Å²) in [6.45, 7) is 3.73. The molecule has 9 N–H and O–H groups in total. The summed E-state index contributed by atoms with van der Waals surface area (Å²) >= 11 is 0. The van der Waals surface area contributed by atoms with Crippen LogP contribution in [0.4, 0.5) is 0 Å². The number of H-pyrrole nitrogens is 1. The Morgan fingerprint density at radius 1 is 1.27 bits per heavy atom. The van der Waals surface area contributed by atoms with E-state index in [1.807, 2.05) is 13.8 Å². The molecular formula is C17H29N7O6. The van der Waals surface area contributed by atoms with E-state index >= 15 is 0 Å². The number of aliphatic carboxylic acids is 1. The van der Waals surface area contributed by atoms with Crippen LogP contribution in [0.1, 0.15) is 32.4 Å². The molecule has 1 aromatic rings. The van der Waals surface area contributed by atoms with Gasteiger partial charge in [0.15, 0.2) is 5.96 Å². The van der Waals surface area contributed by atoms with Crippen LogP contribution in [0.2, 0.25) is 0 Å². The number of rotatable bonds is 12. The van der Waals surface area contributed by atoms with Gasteiger partial charge in [0.05, 0.1) is 12.1 Å². The van der Waals surface area contributed by atoms with Gasteiger partial charge in [0.1, 0.15) is 12.6 Å². The second kappa shape index (κ2) is 11.5. The molecule has 1 rings (SSSR count). The molecule has 30 heavy (non-hydrogen) atoms. The lowest BCUT2D eigenvalue weighted by molar-refractivity contribution is -0.140. The third-order valence-corrected chi connectivity index (χ3v) is 3.92. The van der Waals surface area contributed by atoms with Gasteiger partial charge < -0.3 is 37.3 Å². The summed E-state index contributed by atoms with van der Waals surface area (Å²) in [7, 11) is 0. The van der Waals surface area contributed by atoms with Gasteiger partial charge >= 0.3 is 11.7 Å². The number of aromatic hydroxyl groups is 1. The Hall–Kier alpha value is -3.51. The third-order valence-electron chi connectivity index (χ3n) is 3.92. The minimum atomic E-state index is -1.32. The van der Waals surface area contributed by atoms with E-state index in [4.69, 9.17) is 16.6 Å². The number of guanidine groups is 1. The van der Waals surface area contributed by atoms with Crippen molar-refractivity contribution >= 4 is 23.7 Å². The molecule has 0 bridgehead atoms. The van der Waals surface area contributed by atoms with Gasteiger partial charge in [-0.15, -0.1) is 0 Å². The molecule has 0 aliphatic carbocycles. The zero-order chi connectivity index (χ0) is 22.8. The van der Waals surface area contributed by atoms with Crippen LogP contribution in [0.25, 0.3) is 0 Å². The molecule has 2 amide bonds. The number of nitrogens with one attached hydrogen (secondary N) is 3. The Balaban J connectivity index is 2.79. The Bertz CT molecular complexity index is 838. The number of imidazole rings is 1. The second-order valence-electron chi connectivity index (χ2n) is 7.09. The van der Waals surface area contributed by atoms with E-state index in [1.54, 1.807) is 0 Å². The summed E-state index contributed by atoms with van der Waals surface area (Å²) in [5, 5.41) is 24.0. The van der Waals surface area contributed by atoms with Crippen molar-refractivity contribution in [1.82, 2.24) is 20.2 Å². The highest BCUT2D eigenvalue weighted by Crippen LogP contribution is 2.14. The van der Waals surface area contributed by atoms with Crippen LogP contribution in [-0.4, -0.2) is 62.6 Å². The van der Waals surface area contributed by atoms with Gasteiger partial charge in [0.2, 0.25) is 17.7 Å². The molecule has 1 heterocycles. The van der Waals surface area contributed by atoms with E-state index in [0.29, 0.717) is 13.0 Å². The van der Waals surface area contributed by atoms with Crippen molar-refractivity contribution in [3.8, 4) is 5.88 Å². The van der Waals surface area contributed by atoms with Crippen LogP contribution in [0.5, 0.6) is 5.88 Å². The minimum absolute atomic E-state index is 0.0738. The van der Waals surface area contributed by atoms with E-state index in [-0.39, 0.29) is 30.5 Å². The van der Waals surface area contributed by atoms with Crippen molar-refractivity contribution in [1.29, 1.82) is 0 Å². The molecule has 0 unspecified atom stereocenters. The molecular weight excluding hydrogens is 398 g/mol. The first-order chi connectivity index (χ1) is 14.0. The van der Waals surface area contributed by atoms with Gasteiger partial charge in [0.25, 0.3) is 0 Å². The molecule has 0 aliphatic heterocycles. The molecule has 13 heteroatoms. The quantitative estimate of drug-likeness (QED) is 0.110. The lowest BCUT2D eigenvalue weighted by atomic mass is 10.1. The van der Waals surface area contributed by atoms with Crippen LogP contribution in [0.3, 0.4) is 0 Å². The largest absolute Gasteiger partial charge is 0.493 e. The highest BCUT2D eigenvalue weighted by molar-refractivity contribution is 5.90. The zero-order valence-corrected chi connectivity index (χ0v) is 17.0. The summed E-state index contributed by atoms with van der Waals surface area (Å²) in [5.41, 5.74) is 9.91. The maximum Gasteiger partial charge on any atom is 0.329 e. The van der Waals surface area contributed by atoms with Crippen LogP contribution >= 0.6 is 0 Å². The monoisotopic (exact) mass is 427 g/mol. The Kier molecular flexibility index (Phi) is 9.39. The van der Waals surface area contributed by atoms with Gasteiger partial charge in [-0.2, -0.15) is 0 Å². The number of carboxylic acids is 1. The number of nitrogens with zero attached hydrogens (tertiary/aromatic N) is 2. The molecule has 168 valence electrons. The zero-order valence-electron chi connectivity index (χ0n) is 17.0. The lowest BCUT2D eigenvalue weighted by Crippen LogP contribution is -2.49. The van der Waals surface area contributed by atoms with E-state index in [9.17, 15) is 24.3 Å². The first kappa shape index (κ1) is 24.5. The van der Waals surface area contributed by atoms with E-state index < -0.39 is 48.4 Å². The van der Waals surface area contributed by atoms with Crippen LogP contribution < -0.4 is 27.8 Å². The van der Waals surface area contributed by atoms with Crippen LogP contribution in [0, 0.1) is 5.92 Å². The number of aromatic nitrogens is 2. The van der Waals surface area contributed by atoms with Gasteiger partial charge in [-0.3, -0.25) is 23.9 Å². The average molecular weight is 427 g/mol. The van der Waals surface area contributed by atoms with Gasteiger partial charge in [-0.1, -0.05) is 13.8 Å². The minimum Gasteiger partial charge on any atom is -0.493 e. The molecule has 1 atom stereocenters. The lowest BCUT2D eigenvalue weighted by Gasteiger charge is -2.17. The van der Waals surface area contributed by atoms with Crippen molar-refractivity contribution in [3.63, 3.8) is 0 Å².